The fourth-order valence-corrected chi connectivity index (χ4v) is 6.58. The molecule has 3 aliphatic carbocycles. The minimum atomic E-state index is -0.389. The van der Waals surface area contributed by atoms with Crippen LogP contribution in [0.1, 0.15) is 49.8 Å². The fraction of sp³-hybridized carbons (Fsp3) is 0.459. The maximum Gasteiger partial charge on any atom is 0.161 e. The highest BCUT2D eigenvalue weighted by atomic mass is 16.7. The first-order chi connectivity index (χ1) is 20.5. The first-order valence-electron chi connectivity index (χ1n) is 15.4. The van der Waals surface area contributed by atoms with Gasteiger partial charge in [0.2, 0.25) is 0 Å². The third-order valence-corrected chi connectivity index (χ3v) is 9.42. The SMILES string of the molecule is CC1(C)[C@H]2CC(CO[C@H]3C[C@@H](OCc4ccccc4)[C@H](OCc4ccccc4)[C@@H](COCc4ccccc4)O3)=C[C@@H]1C2. The molecule has 0 spiro atoms. The van der Waals surface area contributed by atoms with Gasteiger partial charge in [-0.2, -0.15) is 0 Å². The first kappa shape index (κ1) is 29.3. The molecule has 1 saturated carbocycles. The zero-order valence-electron chi connectivity index (χ0n) is 24.9. The van der Waals surface area contributed by atoms with E-state index in [-0.39, 0.29) is 24.6 Å². The molecule has 3 aromatic carbocycles. The highest BCUT2D eigenvalue weighted by Gasteiger charge is 2.49. The lowest BCUT2D eigenvalue weighted by Crippen LogP contribution is -2.53. The Balaban J connectivity index is 1.16. The molecule has 0 aromatic heterocycles. The quantitative estimate of drug-likeness (QED) is 0.200. The monoisotopic (exact) mass is 568 g/mol. The Labute approximate surface area is 250 Å². The van der Waals surface area contributed by atoms with E-state index in [1.165, 1.54) is 12.0 Å². The first-order valence-corrected chi connectivity index (χ1v) is 15.4. The third kappa shape index (κ3) is 7.21. The Bertz CT molecular complexity index is 1280. The Morgan fingerprint density at radius 1 is 0.690 bits per heavy atom. The van der Waals surface area contributed by atoms with E-state index < -0.39 is 0 Å². The number of ether oxygens (including phenoxy) is 5. The van der Waals surface area contributed by atoms with Gasteiger partial charge in [0.05, 0.1) is 39.1 Å². The summed E-state index contributed by atoms with van der Waals surface area (Å²) in [5, 5.41) is 0. The molecule has 1 saturated heterocycles. The van der Waals surface area contributed by atoms with Crippen LogP contribution in [0.4, 0.5) is 0 Å². The predicted octanol–water partition coefficient (Wildman–Crippen LogP) is 7.50. The highest BCUT2D eigenvalue weighted by Crippen LogP contribution is 2.58. The van der Waals surface area contributed by atoms with Crippen LogP contribution in [0.25, 0.3) is 0 Å². The second-order valence-electron chi connectivity index (χ2n) is 12.6. The lowest BCUT2D eigenvalue weighted by Gasteiger charge is -2.55. The van der Waals surface area contributed by atoms with E-state index >= 15 is 0 Å². The van der Waals surface area contributed by atoms with Gasteiger partial charge in [0.15, 0.2) is 6.29 Å². The largest absolute Gasteiger partial charge is 0.374 e. The van der Waals surface area contributed by atoms with Crippen LogP contribution < -0.4 is 0 Å². The number of allylic oxidation sites excluding steroid dienone is 1. The van der Waals surface area contributed by atoms with Crippen molar-refractivity contribution >= 4 is 0 Å². The molecule has 2 fully saturated rings. The molecule has 6 atom stereocenters. The second kappa shape index (κ2) is 13.7. The van der Waals surface area contributed by atoms with E-state index in [1.807, 2.05) is 54.6 Å². The van der Waals surface area contributed by atoms with E-state index in [0.717, 1.165) is 29.0 Å². The summed E-state index contributed by atoms with van der Waals surface area (Å²) in [5.74, 6) is 1.43. The Kier molecular flexibility index (Phi) is 9.53. The van der Waals surface area contributed by atoms with Crippen LogP contribution in [0.3, 0.4) is 0 Å². The molecule has 1 aliphatic heterocycles. The molecule has 0 amide bonds. The topological polar surface area (TPSA) is 46.2 Å². The van der Waals surface area contributed by atoms with Crippen LogP contribution in [0, 0.1) is 17.3 Å². The standard InChI is InChI=1S/C37H44O5/c1-37(2)31-18-30(19-32(37)20-31)25-40-35-21-33(39-23-28-14-8-4-9-15-28)36(41-24-29-16-10-5-11-17-29)34(42-35)26-38-22-27-12-6-3-7-13-27/h3-18,31-36H,19-26H2,1-2H3/t31-,32+,33-,34-,35-,36+/m1/s1. The summed E-state index contributed by atoms with van der Waals surface area (Å²) in [6.07, 6.45) is 4.27. The maximum atomic E-state index is 6.60. The van der Waals surface area contributed by atoms with Gasteiger partial charge in [-0.05, 0) is 52.4 Å². The molecular weight excluding hydrogens is 524 g/mol. The summed E-state index contributed by atoms with van der Waals surface area (Å²) in [4.78, 5) is 0. The summed E-state index contributed by atoms with van der Waals surface area (Å²) in [6.45, 7) is 7.28. The van der Waals surface area contributed by atoms with E-state index in [1.54, 1.807) is 0 Å². The van der Waals surface area contributed by atoms with Gasteiger partial charge in [-0.3, -0.25) is 0 Å². The van der Waals surface area contributed by atoms with Crippen molar-refractivity contribution < 1.29 is 23.7 Å². The van der Waals surface area contributed by atoms with Gasteiger partial charge in [0.1, 0.15) is 12.2 Å². The third-order valence-electron chi connectivity index (χ3n) is 9.42. The van der Waals surface area contributed by atoms with Crippen LogP contribution >= 0.6 is 0 Å². The van der Waals surface area contributed by atoms with Crippen molar-refractivity contribution in [3.05, 3.63) is 119 Å². The van der Waals surface area contributed by atoms with Gasteiger partial charge in [-0.15, -0.1) is 0 Å². The van der Waals surface area contributed by atoms with Gasteiger partial charge in [0, 0.05) is 6.42 Å². The molecule has 1 heterocycles. The zero-order chi connectivity index (χ0) is 28.8. The minimum Gasteiger partial charge on any atom is -0.374 e. The molecule has 2 bridgehead atoms. The zero-order valence-corrected chi connectivity index (χ0v) is 24.9. The average molecular weight is 569 g/mol. The molecule has 42 heavy (non-hydrogen) atoms. The molecule has 0 unspecified atom stereocenters. The van der Waals surface area contributed by atoms with Crippen molar-refractivity contribution in [3.63, 3.8) is 0 Å². The number of benzene rings is 3. The van der Waals surface area contributed by atoms with Crippen LogP contribution in [0.2, 0.25) is 0 Å². The minimum absolute atomic E-state index is 0.203. The van der Waals surface area contributed by atoms with Crippen molar-refractivity contribution in [3.8, 4) is 0 Å². The number of hydrogen-bond donors (Lipinski definition) is 0. The maximum absolute atomic E-state index is 6.60. The normalized spacial score (nSPS) is 28.1. The van der Waals surface area contributed by atoms with Crippen molar-refractivity contribution in [1.29, 1.82) is 0 Å². The Morgan fingerprint density at radius 3 is 1.86 bits per heavy atom. The van der Waals surface area contributed by atoms with Gasteiger partial charge in [-0.25, -0.2) is 0 Å². The van der Waals surface area contributed by atoms with Crippen LogP contribution in [-0.4, -0.2) is 37.8 Å². The molecule has 0 N–H and O–H groups in total. The average Bonchev–Trinajstić information content (AvgIpc) is 3.03. The molecule has 3 aromatic rings. The van der Waals surface area contributed by atoms with Crippen LogP contribution in [0.5, 0.6) is 0 Å². The molecule has 7 rings (SSSR count). The van der Waals surface area contributed by atoms with Gasteiger partial charge < -0.3 is 23.7 Å². The number of hydrogen-bond acceptors (Lipinski definition) is 5. The molecule has 222 valence electrons. The van der Waals surface area contributed by atoms with Gasteiger partial charge in [0.25, 0.3) is 0 Å². The highest BCUT2D eigenvalue weighted by molar-refractivity contribution is 5.21. The van der Waals surface area contributed by atoms with Crippen molar-refractivity contribution in [2.24, 2.45) is 17.3 Å². The molecule has 5 heteroatoms. The lowest BCUT2D eigenvalue weighted by molar-refractivity contribution is -0.276. The Morgan fingerprint density at radius 2 is 1.29 bits per heavy atom. The van der Waals surface area contributed by atoms with Crippen molar-refractivity contribution in [2.45, 2.75) is 77.5 Å². The summed E-state index contributed by atoms with van der Waals surface area (Å²) < 4.78 is 32.4. The van der Waals surface area contributed by atoms with E-state index in [4.69, 9.17) is 23.7 Å². The summed E-state index contributed by atoms with van der Waals surface area (Å²) in [7, 11) is 0. The van der Waals surface area contributed by atoms with E-state index in [9.17, 15) is 0 Å². The van der Waals surface area contributed by atoms with Crippen molar-refractivity contribution in [1.82, 2.24) is 0 Å². The predicted molar refractivity (Wildman–Crippen MR) is 163 cm³/mol. The van der Waals surface area contributed by atoms with Crippen LogP contribution in [0.15, 0.2) is 103 Å². The number of fused-ring (bicyclic) bond motifs is 1. The van der Waals surface area contributed by atoms with Gasteiger partial charge >= 0.3 is 0 Å². The second-order valence-corrected chi connectivity index (χ2v) is 12.6. The number of rotatable bonds is 13. The molecule has 4 aliphatic rings. The lowest BCUT2D eigenvalue weighted by atomic mass is 9.50. The van der Waals surface area contributed by atoms with Crippen molar-refractivity contribution in [2.75, 3.05) is 13.2 Å². The van der Waals surface area contributed by atoms with Crippen LogP contribution in [-0.2, 0) is 43.5 Å². The summed E-state index contributed by atoms with van der Waals surface area (Å²) in [6, 6.07) is 30.8. The smallest absolute Gasteiger partial charge is 0.161 e. The van der Waals surface area contributed by atoms with E-state index in [2.05, 4.69) is 56.3 Å². The summed E-state index contributed by atoms with van der Waals surface area (Å²) in [5.41, 5.74) is 5.21. The van der Waals surface area contributed by atoms with Gasteiger partial charge in [-0.1, -0.05) is 111 Å². The summed E-state index contributed by atoms with van der Waals surface area (Å²) >= 11 is 0. The Hall–Kier alpha value is -2.80. The molecule has 0 radical (unpaired) electrons. The molecule has 5 nitrogen and oxygen atoms in total. The van der Waals surface area contributed by atoms with E-state index in [0.29, 0.717) is 50.8 Å². The fourth-order valence-electron chi connectivity index (χ4n) is 6.58. The molecular formula is C37H44O5.